The van der Waals surface area contributed by atoms with Crippen LogP contribution in [0.15, 0.2) is 59.1 Å². The van der Waals surface area contributed by atoms with Crippen LogP contribution in [0.25, 0.3) is 20.8 Å². The number of halogens is 1. The largest absolute Gasteiger partial charge is 0.493 e. The van der Waals surface area contributed by atoms with Gasteiger partial charge in [-0.3, -0.25) is 0 Å². The summed E-state index contributed by atoms with van der Waals surface area (Å²) < 4.78 is 13.1. The number of ether oxygens (including phenoxy) is 2. The molecule has 29 heavy (non-hydrogen) atoms. The molecule has 0 fully saturated rings. The summed E-state index contributed by atoms with van der Waals surface area (Å²) in [5.74, 6) is 1.45. The molecular weight excluding hydrogens is 448 g/mol. The molecule has 1 N–H and O–H groups in total. The van der Waals surface area contributed by atoms with E-state index in [0.29, 0.717) is 12.3 Å². The van der Waals surface area contributed by atoms with E-state index in [1.165, 1.54) is 10.3 Å². The average molecular weight is 469 g/mol. The number of thiazole rings is 1. The van der Waals surface area contributed by atoms with Gasteiger partial charge in [0.15, 0.2) is 11.5 Å². The topological polar surface area (TPSA) is 43.4 Å². The molecule has 6 heteroatoms. The van der Waals surface area contributed by atoms with Crippen LogP contribution < -0.4 is 14.8 Å². The third-order valence-corrected chi connectivity index (χ3v) is 6.55. The second-order valence-electron chi connectivity index (χ2n) is 6.68. The molecule has 148 valence electrons. The van der Waals surface area contributed by atoms with Gasteiger partial charge in [-0.25, -0.2) is 4.98 Å². The maximum atomic E-state index is 5.55. The van der Waals surface area contributed by atoms with Crippen molar-refractivity contribution in [3.05, 3.63) is 70.2 Å². The fourth-order valence-corrected chi connectivity index (χ4v) is 4.73. The standard InChI is InChI=1S/C23H21BrN2O2S/c1-14-4-10-19-21(12-14)29-23(26-19)15-5-7-16(8-6-15)25-13-17-18(24)9-11-20(27-2)22(17)28-3/h4-12,25H,13H2,1-3H3. The van der Waals surface area contributed by atoms with Crippen molar-refractivity contribution in [1.29, 1.82) is 0 Å². The van der Waals surface area contributed by atoms with Crippen LogP contribution in [-0.2, 0) is 6.54 Å². The van der Waals surface area contributed by atoms with Crippen molar-refractivity contribution < 1.29 is 9.47 Å². The lowest BCUT2D eigenvalue weighted by atomic mass is 10.1. The number of aryl methyl sites for hydroxylation is 1. The normalized spacial score (nSPS) is 10.9. The number of nitrogens with zero attached hydrogens (tertiary/aromatic N) is 1. The minimum Gasteiger partial charge on any atom is -0.493 e. The smallest absolute Gasteiger partial charge is 0.166 e. The molecule has 0 saturated heterocycles. The van der Waals surface area contributed by atoms with E-state index in [4.69, 9.17) is 14.5 Å². The van der Waals surface area contributed by atoms with Gasteiger partial charge in [0.1, 0.15) is 5.01 Å². The molecule has 0 aliphatic carbocycles. The SMILES string of the molecule is COc1ccc(Br)c(CNc2ccc(-c3nc4ccc(C)cc4s3)cc2)c1OC. The highest BCUT2D eigenvalue weighted by atomic mass is 79.9. The highest BCUT2D eigenvalue weighted by molar-refractivity contribution is 9.10. The molecule has 0 aliphatic heterocycles. The van der Waals surface area contributed by atoms with Crippen molar-refractivity contribution in [2.75, 3.05) is 19.5 Å². The monoisotopic (exact) mass is 468 g/mol. The molecule has 1 aromatic heterocycles. The lowest BCUT2D eigenvalue weighted by molar-refractivity contribution is 0.351. The van der Waals surface area contributed by atoms with Crippen LogP contribution in [0.1, 0.15) is 11.1 Å². The Bertz CT molecular complexity index is 1160. The summed E-state index contributed by atoms with van der Waals surface area (Å²) in [4.78, 5) is 4.76. The van der Waals surface area contributed by atoms with Crippen LogP contribution in [-0.4, -0.2) is 19.2 Å². The van der Waals surface area contributed by atoms with E-state index in [1.54, 1.807) is 25.6 Å². The highest BCUT2D eigenvalue weighted by Gasteiger charge is 2.13. The molecule has 0 unspecified atom stereocenters. The lowest BCUT2D eigenvalue weighted by Crippen LogP contribution is -2.04. The van der Waals surface area contributed by atoms with Crippen LogP contribution in [0.5, 0.6) is 11.5 Å². The Hall–Kier alpha value is -2.57. The third kappa shape index (κ3) is 4.09. The van der Waals surface area contributed by atoms with Crippen molar-refractivity contribution in [3.8, 4) is 22.1 Å². The maximum absolute atomic E-state index is 5.55. The molecule has 3 aromatic carbocycles. The van der Waals surface area contributed by atoms with Gasteiger partial charge in [-0.05, 0) is 61.0 Å². The molecule has 4 aromatic rings. The van der Waals surface area contributed by atoms with Gasteiger partial charge in [0.25, 0.3) is 0 Å². The van der Waals surface area contributed by atoms with Gasteiger partial charge in [-0.2, -0.15) is 0 Å². The second-order valence-corrected chi connectivity index (χ2v) is 8.57. The van der Waals surface area contributed by atoms with Gasteiger partial charge in [-0.1, -0.05) is 22.0 Å². The number of anilines is 1. The number of hydrogen-bond acceptors (Lipinski definition) is 5. The molecule has 0 radical (unpaired) electrons. The number of methoxy groups -OCH3 is 2. The molecular formula is C23H21BrN2O2S. The summed E-state index contributed by atoms with van der Waals surface area (Å²) >= 11 is 5.33. The first kappa shape index (κ1) is 19.7. The summed E-state index contributed by atoms with van der Waals surface area (Å²) in [6.45, 7) is 2.72. The first-order valence-electron chi connectivity index (χ1n) is 9.20. The number of aromatic nitrogens is 1. The Morgan fingerprint density at radius 1 is 1.00 bits per heavy atom. The fourth-order valence-electron chi connectivity index (χ4n) is 3.21. The summed E-state index contributed by atoms with van der Waals surface area (Å²) in [5.41, 5.74) is 5.47. The van der Waals surface area contributed by atoms with Crippen LogP contribution in [0.2, 0.25) is 0 Å². The van der Waals surface area contributed by atoms with E-state index in [9.17, 15) is 0 Å². The summed E-state index contributed by atoms with van der Waals surface area (Å²) in [6.07, 6.45) is 0. The molecule has 0 spiro atoms. The summed E-state index contributed by atoms with van der Waals surface area (Å²) in [5, 5.41) is 4.49. The van der Waals surface area contributed by atoms with Gasteiger partial charge in [-0.15, -0.1) is 11.3 Å². The molecule has 4 rings (SSSR count). The zero-order valence-electron chi connectivity index (χ0n) is 16.5. The molecule has 1 heterocycles. The third-order valence-electron chi connectivity index (χ3n) is 4.74. The number of fused-ring (bicyclic) bond motifs is 1. The Labute approximate surface area is 182 Å². The number of nitrogens with one attached hydrogen (secondary N) is 1. The Kier molecular flexibility index (Phi) is 5.74. The van der Waals surface area contributed by atoms with Crippen molar-refractivity contribution in [1.82, 2.24) is 4.98 Å². The van der Waals surface area contributed by atoms with Gasteiger partial charge in [0, 0.05) is 27.8 Å². The van der Waals surface area contributed by atoms with E-state index in [2.05, 4.69) is 70.6 Å². The van der Waals surface area contributed by atoms with Crippen LogP contribution >= 0.6 is 27.3 Å². The van der Waals surface area contributed by atoms with Gasteiger partial charge in [0.2, 0.25) is 0 Å². The first-order chi connectivity index (χ1) is 14.1. The fraction of sp³-hybridized carbons (Fsp3) is 0.174. The van der Waals surface area contributed by atoms with Crippen molar-refractivity contribution in [2.24, 2.45) is 0 Å². The predicted molar refractivity (Wildman–Crippen MR) is 124 cm³/mol. The zero-order valence-corrected chi connectivity index (χ0v) is 18.9. The van der Waals surface area contributed by atoms with E-state index in [0.717, 1.165) is 37.6 Å². The maximum Gasteiger partial charge on any atom is 0.166 e. The molecule has 4 nitrogen and oxygen atoms in total. The van der Waals surface area contributed by atoms with Crippen molar-refractivity contribution in [3.63, 3.8) is 0 Å². The first-order valence-corrected chi connectivity index (χ1v) is 10.8. The minimum absolute atomic E-state index is 0.612. The van der Waals surface area contributed by atoms with Crippen LogP contribution in [0, 0.1) is 6.92 Å². The van der Waals surface area contributed by atoms with Crippen LogP contribution in [0.4, 0.5) is 5.69 Å². The molecule has 0 bridgehead atoms. The molecule has 0 amide bonds. The molecule has 0 atom stereocenters. The molecule has 0 aliphatic rings. The van der Waals surface area contributed by atoms with Crippen molar-refractivity contribution >= 4 is 43.2 Å². The molecule has 0 saturated carbocycles. The second kappa shape index (κ2) is 8.43. The quantitative estimate of drug-likeness (QED) is 0.343. The highest BCUT2D eigenvalue weighted by Crippen LogP contribution is 2.36. The number of benzene rings is 3. The van der Waals surface area contributed by atoms with E-state index < -0.39 is 0 Å². The summed E-state index contributed by atoms with van der Waals surface area (Å²) in [6, 6.07) is 18.6. The lowest BCUT2D eigenvalue weighted by Gasteiger charge is -2.15. The zero-order chi connectivity index (χ0) is 20.4. The Morgan fingerprint density at radius 3 is 2.52 bits per heavy atom. The van der Waals surface area contributed by atoms with Gasteiger partial charge in [0.05, 0.1) is 24.4 Å². The van der Waals surface area contributed by atoms with Gasteiger partial charge >= 0.3 is 0 Å². The number of rotatable bonds is 6. The summed E-state index contributed by atoms with van der Waals surface area (Å²) in [7, 11) is 3.30. The van der Waals surface area contributed by atoms with E-state index >= 15 is 0 Å². The predicted octanol–water partition coefficient (Wildman–Crippen LogP) is 6.66. The Balaban J connectivity index is 1.53. The van der Waals surface area contributed by atoms with Crippen molar-refractivity contribution in [2.45, 2.75) is 13.5 Å². The van der Waals surface area contributed by atoms with E-state index in [-0.39, 0.29) is 0 Å². The number of hydrogen-bond donors (Lipinski definition) is 1. The Morgan fingerprint density at radius 2 is 1.79 bits per heavy atom. The average Bonchev–Trinajstić information content (AvgIpc) is 3.16. The minimum atomic E-state index is 0.612. The van der Waals surface area contributed by atoms with Crippen LogP contribution in [0.3, 0.4) is 0 Å². The van der Waals surface area contributed by atoms with E-state index in [1.807, 2.05) is 12.1 Å². The van der Waals surface area contributed by atoms with Gasteiger partial charge < -0.3 is 14.8 Å².